The van der Waals surface area contributed by atoms with Crippen molar-refractivity contribution >= 4 is 37.6 Å². The maximum absolute atomic E-state index is 8.94. The van der Waals surface area contributed by atoms with Crippen LogP contribution in [-0.2, 0) is 20.8 Å². The van der Waals surface area contributed by atoms with Crippen LogP contribution < -0.4 is 0 Å². The van der Waals surface area contributed by atoms with Crippen molar-refractivity contribution in [3.8, 4) is 0 Å². The van der Waals surface area contributed by atoms with Gasteiger partial charge < -0.3 is 2.85 Å². The van der Waals surface area contributed by atoms with Crippen LogP contribution in [0.3, 0.4) is 0 Å². The number of rotatable bonds is 0. The van der Waals surface area contributed by atoms with E-state index in [0.29, 0.717) is 0 Å². The Morgan fingerprint density at radius 1 is 1.29 bits per heavy atom. The molecule has 0 aromatic rings. The molecule has 7 heteroatoms. The fourth-order valence-electron chi connectivity index (χ4n) is 0. The van der Waals surface area contributed by atoms with Crippen LogP contribution in [0.5, 0.6) is 0 Å². The smallest absolute Gasteiger partial charge is 1.00 e. The summed E-state index contributed by atoms with van der Waals surface area (Å²) in [6, 6.07) is 0. The SMILES string of the molecule is O=[As](O)(O)O.[H-].[H-].[Mg+2].[Mn]. The van der Waals surface area contributed by atoms with Crippen LogP contribution in [0.4, 0.5) is 0 Å². The van der Waals surface area contributed by atoms with Crippen molar-refractivity contribution in [2.75, 3.05) is 0 Å². The maximum atomic E-state index is 8.94. The average Bonchev–Trinajstić information content (AvgIpc) is 0.722. The molecule has 0 heterocycles. The van der Waals surface area contributed by atoms with Crippen LogP contribution in [0.2, 0.25) is 0 Å². The second-order valence-electron chi connectivity index (χ2n) is 0.513. The van der Waals surface area contributed by atoms with Gasteiger partial charge >= 0.3 is 53.6 Å². The quantitative estimate of drug-likeness (QED) is 0.403. The summed E-state index contributed by atoms with van der Waals surface area (Å²) >= 11 is -5.12. The summed E-state index contributed by atoms with van der Waals surface area (Å²) in [5.74, 6) is 0. The number of hydrogen-bond acceptors (Lipinski definition) is 1. The first-order chi connectivity index (χ1) is 2.00. The topological polar surface area (TPSA) is 77.8 Å². The van der Waals surface area contributed by atoms with Crippen molar-refractivity contribution in [3.05, 3.63) is 0 Å². The molecule has 0 spiro atoms. The molecule has 0 amide bonds. The summed E-state index contributed by atoms with van der Waals surface area (Å²) in [7, 11) is 0. The Hall–Kier alpha value is 1.52. The predicted molar refractivity (Wildman–Crippen MR) is 21.1 cm³/mol. The van der Waals surface area contributed by atoms with E-state index < -0.39 is 14.5 Å². The monoisotopic (exact) mass is 223 g/mol. The van der Waals surface area contributed by atoms with E-state index in [1.165, 1.54) is 0 Å². The zero-order chi connectivity index (χ0) is 4.50. The summed E-state index contributed by atoms with van der Waals surface area (Å²) in [5, 5.41) is 0. The van der Waals surface area contributed by atoms with Crippen LogP contribution in [0.1, 0.15) is 2.85 Å². The van der Waals surface area contributed by atoms with Crippen molar-refractivity contribution < 1.29 is 35.9 Å². The molecule has 0 rings (SSSR count). The molecule has 1 radical (unpaired) electrons. The van der Waals surface area contributed by atoms with Gasteiger partial charge in [-0.1, -0.05) is 0 Å². The molecule has 0 fully saturated rings. The fourth-order valence-corrected chi connectivity index (χ4v) is 0. The maximum Gasteiger partial charge on any atom is 2.00 e. The van der Waals surface area contributed by atoms with Gasteiger partial charge in [-0.3, -0.25) is 0 Å². The van der Waals surface area contributed by atoms with Crippen molar-refractivity contribution in [1.29, 1.82) is 0 Å². The first-order valence-electron chi connectivity index (χ1n) is 0.783. The van der Waals surface area contributed by atoms with Crippen molar-refractivity contribution in [2.24, 2.45) is 0 Å². The van der Waals surface area contributed by atoms with Gasteiger partial charge in [-0.25, -0.2) is 0 Å². The normalized spacial score (nSPS) is 8.43. The van der Waals surface area contributed by atoms with E-state index in [4.69, 9.17) is 16.0 Å². The molecule has 0 atom stereocenters. The molecule has 0 saturated carbocycles. The van der Waals surface area contributed by atoms with E-state index >= 15 is 0 Å². The average molecular weight is 223 g/mol. The minimum atomic E-state index is -5.12. The van der Waals surface area contributed by atoms with Crippen LogP contribution in [0, 0.1) is 0 Å². The summed E-state index contributed by atoms with van der Waals surface area (Å²) in [6.07, 6.45) is 0. The van der Waals surface area contributed by atoms with Gasteiger partial charge in [-0.05, 0) is 0 Å². The molecule has 0 unspecified atom stereocenters. The molecule has 0 aliphatic carbocycles. The first-order valence-corrected chi connectivity index (χ1v) is 4.07. The van der Waals surface area contributed by atoms with Crippen LogP contribution in [-0.4, -0.2) is 49.9 Å². The van der Waals surface area contributed by atoms with Gasteiger partial charge in [0.05, 0.1) is 0 Å². The molecule has 0 aliphatic heterocycles. The van der Waals surface area contributed by atoms with Crippen LogP contribution >= 0.6 is 0 Å². The third-order valence-electron chi connectivity index (χ3n) is 0. The Morgan fingerprint density at radius 3 is 1.29 bits per heavy atom. The minimum absolute atomic E-state index is 0. The summed E-state index contributed by atoms with van der Waals surface area (Å²) in [4.78, 5) is 0. The summed E-state index contributed by atoms with van der Waals surface area (Å²) < 4.78 is 30.7. The Labute approximate surface area is 73.2 Å². The summed E-state index contributed by atoms with van der Waals surface area (Å²) in [6.45, 7) is 0. The Balaban J connectivity index is -0.0000000133. The van der Waals surface area contributed by atoms with Crippen molar-refractivity contribution in [2.45, 2.75) is 0 Å². The second kappa shape index (κ2) is 5.66. The standard InChI is InChI=1S/AsH3O4.Mg.Mn.2H/c2-1(3,4)5;;;;/h(H3,2,3,4,5);;;;/q;+2;;2*-1. The largest absolute Gasteiger partial charge is 2.00 e. The second-order valence-corrected chi connectivity index (χ2v) is 2.67. The van der Waals surface area contributed by atoms with Gasteiger partial charge in [0.2, 0.25) is 0 Å². The third kappa shape index (κ3) is 98.8. The molecule has 7 heavy (non-hydrogen) atoms. The van der Waals surface area contributed by atoms with Crippen LogP contribution in [0.15, 0.2) is 0 Å². The van der Waals surface area contributed by atoms with Crippen molar-refractivity contribution in [1.82, 2.24) is 0 Å². The molecule has 0 aromatic heterocycles. The van der Waals surface area contributed by atoms with E-state index in [1.54, 1.807) is 0 Å². The zero-order valence-electron chi connectivity index (χ0n) is 5.28. The molecule has 43 valence electrons. The summed E-state index contributed by atoms with van der Waals surface area (Å²) in [5.41, 5.74) is 0. The molecule has 0 saturated heterocycles. The molecular weight excluding hydrogens is 218 g/mol. The van der Waals surface area contributed by atoms with E-state index in [-0.39, 0.29) is 43.0 Å². The Morgan fingerprint density at radius 2 is 1.29 bits per heavy atom. The Bertz CT molecular complexity index is 64.7. The van der Waals surface area contributed by atoms with E-state index in [2.05, 4.69) is 0 Å². The van der Waals surface area contributed by atoms with Crippen LogP contribution in [0.25, 0.3) is 0 Å². The van der Waals surface area contributed by atoms with E-state index in [1.807, 2.05) is 0 Å². The molecule has 0 bridgehead atoms. The van der Waals surface area contributed by atoms with Gasteiger partial charge in [0.1, 0.15) is 0 Å². The van der Waals surface area contributed by atoms with Gasteiger partial charge in [0, 0.05) is 17.1 Å². The molecule has 3 N–H and O–H groups in total. The third-order valence-corrected chi connectivity index (χ3v) is 0. The number of hydrogen-bond donors (Lipinski definition) is 3. The van der Waals surface area contributed by atoms with E-state index in [9.17, 15) is 0 Å². The molecule has 0 aromatic carbocycles. The van der Waals surface area contributed by atoms with Gasteiger partial charge in [0.15, 0.2) is 0 Å². The van der Waals surface area contributed by atoms with E-state index in [0.717, 1.165) is 0 Å². The molecule has 4 nitrogen and oxygen atoms in total. The van der Waals surface area contributed by atoms with Gasteiger partial charge in [0.25, 0.3) is 0 Å². The van der Waals surface area contributed by atoms with Crippen molar-refractivity contribution in [3.63, 3.8) is 0 Å². The fraction of sp³-hybridized carbons (Fsp3) is 0. The van der Waals surface area contributed by atoms with Gasteiger partial charge in [-0.15, -0.1) is 0 Å². The first kappa shape index (κ1) is 15.8. The molecular formula is H5AsMgMnO4. The zero-order valence-corrected chi connectivity index (χ0v) is 7.75. The van der Waals surface area contributed by atoms with Gasteiger partial charge in [-0.2, -0.15) is 0 Å². The minimum Gasteiger partial charge on any atom is -1.00 e. The predicted octanol–water partition coefficient (Wildman–Crippen LogP) is -2.33. The molecule has 0 aliphatic rings. The Kier molecular flexibility index (Phi) is 12.8.